The Morgan fingerprint density at radius 2 is 1.93 bits per heavy atom. The van der Waals surface area contributed by atoms with Gasteiger partial charge in [-0.25, -0.2) is 13.8 Å². The molecule has 2 aliphatic rings. The zero-order valence-corrected chi connectivity index (χ0v) is 16.3. The van der Waals surface area contributed by atoms with Crippen LogP contribution in [-0.2, 0) is 16.0 Å². The van der Waals surface area contributed by atoms with Gasteiger partial charge < -0.3 is 4.90 Å². The summed E-state index contributed by atoms with van der Waals surface area (Å²) in [7, 11) is 0. The first-order valence-corrected chi connectivity index (χ1v) is 9.61. The highest BCUT2D eigenvalue weighted by atomic mass is 19.1. The van der Waals surface area contributed by atoms with Crippen LogP contribution in [0.3, 0.4) is 0 Å². The van der Waals surface area contributed by atoms with E-state index >= 15 is 0 Å². The summed E-state index contributed by atoms with van der Waals surface area (Å²) in [5, 5.41) is 5.61. The van der Waals surface area contributed by atoms with Gasteiger partial charge >= 0.3 is 0 Å². The van der Waals surface area contributed by atoms with E-state index in [4.69, 9.17) is 0 Å². The molecule has 4 rings (SSSR count). The van der Waals surface area contributed by atoms with Crippen molar-refractivity contribution in [1.82, 2.24) is 4.90 Å². The molecule has 0 aromatic heterocycles. The number of hydrogen-bond donors (Lipinski definition) is 0. The number of hydrogen-bond acceptors (Lipinski definition) is 3. The Labute approximate surface area is 167 Å². The summed E-state index contributed by atoms with van der Waals surface area (Å²) < 4.78 is 27.8. The van der Waals surface area contributed by atoms with Crippen molar-refractivity contribution < 1.29 is 18.4 Å². The zero-order chi connectivity index (χ0) is 20.7. The Kier molecular flexibility index (Phi) is 4.90. The molecule has 0 radical (unpaired) electrons. The Bertz CT molecular complexity index is 1030. The van der Waals surface area contributed by atoms with Crippen LogP contribution in [-0.4, -0.2) is 29.0 Å². The standard InChI is InChI=1S/C22H21F2N3O2/c1-13-4-3-5-16(10-13)27-21(28)7-6-20(25-27)22(29)26-9-8-17-18(14(26)2)11-15(23)12-19(17)24/h3-5,10-12,14H,6-9H2,1-2H3. The Morgan fingerprint density at radius 1 is 1.14 bits per heavy atom. The molecule has 7 heteroatoms. The molecule has 0 aliphatic carbocycles. The van der Waals surface area contributed by atoms with Crippen LogP contribution in [0.5, 0.6) is 0 Å². The number of fused-ring (bicyclic) bond motifs is 1. The van der Waals surface area contributed by atoms with E-state index in [0.717, 1.165) is 11.6 Å². The van der Waals surface area contributed by atoms with E-state index in [0.29, 0.717) is 29.8 Å². The van der Waals surface area contributed by atoms with Crippen molar-refractivity contribution in [2.45, 2.75) is 39.2 Å². The summed E-state index contributed by atoms with van der Waals surface area (Å²) in [6, 6.07) is 9.03. The number of anilines is 1. The number of amides is 2. The Balaban J connectivity index is 1.64. The first-order valence-electron chi connectivity index (χ1n) is 9.61. The fourth-order valence-electron chi connectivity index (χ4n) is 3.97. The lowest BCUT2D eigenvalue weighted by molar-refractivity contribution is -0.126. The molecular weight excluding hydrogens is 376 g/mol. The smallest absolute Gasteiger partial charge is 0.270 e. The molecular formula is C22H21F2N3O2. The second-order valence-electron chi connectivity index (χ2n) is 7.47. The van der Waals surface area contributed by atoms with E-state index in [1.54, 1.807) is 17.9 Å². The monoisotopic (exact) mass is 397 g/mol. The van der Waals surface area contributed by atoms with E-state index in [2.05, 4.69) is 5.10 Å². The Morgan fingerprint density at radius 3 is 2.69 bits per heavy atom. The van der Waals surface area contributed by atoms with Crippen molar-refractivity contribution in [2.75, 3.05) is 11.6 Å². The van der Waals surface area contributed by atoms with Gasteiger partial charge in [0.05, 0.1) is 11.7 Å². The van der Waals surface area contributed by atoms with Crippen molar-refractivity contribution in [3.8, 4) is 0 Å². The van der Waals surface area contributed by atoms with Crippen molar-refractivity contribution in [1.29, 1.82) is 0 Å². The number of aryl methyl sites for hydroxylation is 1. The average Bonchev–Trinajstić information content (AvgIpc) is 2.68. The van der Waals surface area contributed by atoms with Crippen LogP contribution in [0.2, 0.25) is 0 Å². The number of carbonyl (C=O) groups is 2. The number of nitrogens with zero attached hydrogens (tertiary/aromatic N) is 3. The van der Waals surface area contributed by atoms with Crippen LogP contribution >= 0.6 is 0 Å². The van der Waals surface area contributed by atoms with Gasteiger partial charge in [-0.3, -0.25) is 9.59 Å². The highest BCUT2D eigenvalue weighted by Crippen LogP contribution is 2.32. The van der Waals surface area contributed by atoms with Crippen LogP contribution in [0, 0.1) is 18.6 Å². The third kappa shape index (κ3) is 3.52. The predicted octanol–water partition coefficient (Wildman–Crippen LogP) is 3.90. The molecule has 0 N–H and O–H groups in total. The molecule has 0 bridgehead atoms. The van der Waals surface area contributed by atoms with Gasteiger partial charge in [0.1, 0.15) is 17.3 Å². The van der Waals surface area contributed by atoms with E-state index in [-0.39, 0.29) is 30.4 Å². The first-order chi connectivity index (χ1) is 13.8. The number of benzene rings is 2. The van der Waals surface area contributed by atoms with Crippen molar-refractivity contribution in [3.05, 3.63) is 64.7 Å². The van der Waals surface area contributed by atoms with Gasteiger partial charge in [0.25, 0.3) is 5.91 Å². The van der Waals surface area contributed by atoms with E-state index < -0.39 is 17.7 Å². The molecule has 1 atom stereocenters. The van der Waals surface area contributed by atoms with Gasteiger partial charge in [0, 0.05) is 25.5 Å². The van der Waals surface area contributed by atoms with E-state index in [1.807, 2.05) is 25.1 Å². The van der Waals surface area contributed by atoms with Gasteiger partial charge in [-0.1, -0.05) is 12.1 Å². The van der Waals surface area contributed by atoms with Crippen LogP contribution in [0.4, 0.5) is 14.5 Å². The topological polar surface area (TPSA) is 53.0 Å². The molecule has 2 aromatic rings. The van der Waals surface area contributed by atoms with Crippen molar-refractivity contribution in [2.24, 2.45) is 5.10 Å². The number of halogens is 2. The minimum atomic E-state index is -0.659. The average molecular weight is 397 g/mol. The number of rotatable bonds is 2. The lowest BCUT2D eigenvalue weighted by atomic mass is 9.92. The van der Waals surface area contributed by atoms with Crippen molar-refractivity contribution >= 4 is 23.2 Å². The predicted molar refractivity (Wildman–Crippen MR) is 106 cm³/mol. The molecule has 0 saturated heterocycles. The van der Waals surface area contributed by atoms with Gasteiger partial charge in [-0.05, 0) is 55.2 Å². The van der Waals surface area contributed by atoms with Crippen LogP contribution in [0.25, 0.3) is 0 Å². The maximum atomic E-state index is 14.1. The van der Waals surface area contributed by atoms with Crippen molar-refractivity contribution in [3.63, 3.8) is 0 Å². The molecule has 1 unspecified atom stereocenters. The quantitative estimate of drug-likeness (QED) is 0.772. The highest BCUT2D eigenvalue weighted by molar-refractivity contribution is 6.40. The van der Waals surface area contributed by atoms with E-state index in [1.165, 1.54) is 11.1 Å². The fraction of sp³-hybridized carbons (Fsp3) is 0.318. The third-order valence-corrected chi connectivity index (χ3v) is 5.50. The molecule has 0 spiro atoms. The van der Waals surface area contributed by atoms with Gasteiger partial charge in [-0.15, -0.1) is 0 Å². The lowest BCUT2D eigenvalue weighted by Crippen LogP contribution is -2.45. The van der Waals surface area contributed by atoms with E-state index in [9.17, 15) is 18.4 Å². The molecule has 2 aliphatic heterocycles. The summed E-state index contributed by atoms with van der Waals surface area (Å²) in [6.07, 6.45) is 0.736. The second kappa shape index (κ2) is 7.39. The summed E-state index contributed by atoms with van der Waals surface area (Å²) in [4.78, 5) is 27.1. The number of carbonyl (C=O) groups excluding carboxylic acids is 2. The molecule has 2 heterocycles. The Hall–Kier alpha value is -3.09. The molecule has 2 aromatic carbocycles. The lowest BCUT2D eigenvalue weighted by Gasteiger charge is -2.36. The largest absolute Gasteiger partial charge is 0.330 e. The summed E-state index contributed by atoms with van der Waals surface area (Å²) in [6.45, 7) is 3.98. The van der Waals surface area contributed by atoms with Gasteiger partial charge in [0.2, 0.25) is 5.91 Å². The fourth-order valence-corrected chi connectivity index (χ4v) is 3.97. The van der Waals surface area contributed by atoms with Gasteiger partial charge in [0.15, 0.2) is 0 Å². The zero-order valence-electron chi connectivity index (χ0n) is 16.3. The normalized spacial score (nSPS) is 19.1. The SMILES string of the molecule is Cc1cccc(N2N=C(C(=O)N3CCc4c(F)cc(F)cc4C3C)CCC2=O)c1. The third-order valence-electron chi connectivity index (χ3n) is 5.50. The molecule has 5 nitrogen and oxygen atoms in total. The minimum Gasteiger partial charge on any atom is -0.330 e. The maximum Gasteiger partial charge on any atom is 0.270 e. The van der Waals surface area contributed by atoms with Crippen LogP contribution in [0.15, 0.2) is 41.5 Å². The molecule has 0 saturated carbocycles. The summed E-state index contributed by atoms with van der Waals surface area (Å²) >= 11 is 0. The summed E-state index contributed by atoms with van der Waals surface area (Å²) in [5.74, 6) is -1.72. The molecule has 29 heavy (non-hydrogen) atoms. The van der Waals surface area contributed by atoms with Crippen LogP contribution < -0.4 is 5.01 Å². The molecule has 0 fully saturated rings. The molecule has 150 valence electrons. The van der Waals surface area contributed by atoms with Crippen LogP contribution in [0.1, 0.15) is 42.5 Å². The molecule has 2 amide bonds. The number of hydrazone groups is 1. The minimum absolute atomic E-state index is 0.173. The van der Waals surface area contributed by atoms with Gasteiger partial charge in [-0.2, -0.15) is 5.10 Å². The first kappa shape index (κ1) is 19.2. The second-order valence-corrected chi connectivity index (χ2v) is 7.47. The maximum absolute atomic E-state index is 14.1. The summed E-state index contributed by atoms with van der Waals surface area (Å²) in [5.41, 5.74) is 2.80. The highest BCUT2D eigenvalue weighted by Gasteiger charge is 2.34.